The van der Waals surface area contributed by atoms with Gasteiger partial charge in [-0.1, -0.05) is 0 Å². The van der Waals surface area contributed by atoms with Gasteiger partial charge in [0.2, 0.25) is 0 Å². The lowest BCUT2D eigenvalue weighted by molar-refractivity contribution is -0.384. The van der Waals surface area contributed by atoms with Crippen molar-refractivity contribution in [2.24, 2.45) is 0 Å². The summed E-state index contributed by atoms with van der Waals surface area (Å²) in [4.78, 5) is 12.4. The first-order chi connectivity index (χ1) is 8.45. The summed E-state index contributed by atoms with van der Waals surface area (Å²) in [5.74, 6) is 0. The maximum absolute atomic E-state index is 10.9. The van der Waals surface area contributed by atoms with E-state index in [2.05, 4.69) is 5.32 Å². The topological polar surface area (TPSA) is 82.2 Å². The van der Waals surface area contributed by atoms with Gasteiger partial charge in [-0.05, 0) is 33.2 Å². The van der Waals surface area contributed by atoms with Gasteiger partial charge in [-0.2, -0.15) is 5.26 Å². The highest BCUT2D eigenvalue weighted by Gasteiger charge is 2.15. The molecule has 0 saturated carbocycles. The van der Waals surface area contributed by atoms with Crippen molar-refractivity contribution in [1.82, 2.24) is 4.90 Å². The number of anilines is 1. The first kappa shape index (κ1) is 13.9. The average Bonchev–Trinajstić information content (AvgIpc) is 2.35. The Balaban J connectivity index is 2.89. The third-order valence-electron chi connectivity index (χ3n) is 2.79. The molecule has 0 radical (unpaired) electrons. The number of nitro groups is 1. The standard InChI is InChI=1S/C12H16N4O2/c1-9(15(2)3)8-14-11-5-4-10(7-13)6-12(11)16(17)18/h4-6,9,14H,8H2,1-3H3. The molecule has 0 aliphatic rings. The molecule has 0 aliphatic carbocycles. The number of nitrogens with zero attached hydrogens (tertiary/aromatic N) is 3. The van der Waals surface area contributed by atoms with E-state index in [1.165, 1.54) is 6.07 Å². The maximum Gasteiger partial charge on any atom is 0.293 e. The van der Waals surface area contributed by atoms with Crippen LogP contribution in [0.25, 0.3) is 0 Å². The number of nitro benzene ring substituents is 1. The molecule has 1 N–H and O–H groups in total. The summed E-state index contributed by atoms with van der Waals surface area (Å²) in [5, 5.41) is 22.7. The van der Waals surface area contributed by atoms with E-state index in [-0.39, 0.29) is 17.3 Å². The molecule has 1 atom stereocenters. The molecule has 0 aliphatic heterocycles. The molecule has 18 heavy (non-hydrogen) atoms. The number of rotatable bonds is 5. The summed E-state index contributed by atoms with van der Waals surface area (Å²) in [7, 11) is 3.89. The van der Waals surface area contributed by atoms with Crippen LogP contribution in [0.1, 0.15) is 12.5 Å². The van der Waals surface area contributed by atoms with Crippen LogP contribution in [-0.2, 0) is 0 Å². The Bertz CT molecular complexity index is 479. The average molecular weight is 248 g/mol. The zero-order valence-electron chi connectivity index (χ0n) is 10.7. The smallest absolute Gasteiger partial charge is 0.293 e. The second-order valence-corrected chi connectivity index (χ2v) is 4.29. The van der Waals surface area contributed by atoms with Crippen LogP contribution in [-0.4, -0.2) is 36.5 Å². The molecule has 6 nitrogen and oxygen atoms in total. The lowest BCUT2D eigenvalue weighted by atomic mass is 10.2. The van der Waals surface area contributed by atoms with Gasteiger partial charge < -0.3 is 10.2 Å². The van der Waals surface area contributed by atoms with E-state index in [1.54, 1.807) is 12.1 Å². The Morgan fingerprint density at radius 3 is 2.72 bits per heavy atom. The highest BCUT2D eigenvalue weighted by molar-refractivity contribution is 5.64. The fourth-order valence-electron chi connectivity index (χ4n) is 1.34. The van der Waals surface area contributed by atoms with Gasteiger partial charge in [0.05, 0.1) is 16.6 Å². The Kier molecular flexibility index (Phi) is 4.63. The molecule has 0 aromatic heterocycles. The van der Waals surface area contributed by atoms with Gasteiger partial charge in [-0.25, -0.2) is 0 Å². The molecule has 0 spiro atoms. The minimum atomic E-state index is -0.483. The van der Waals surface area contributed by atoms with E-state index in [1.807, 2.05) is 32.0 Å². The summed E-state index contributed by atoms with van der Waals surface area (Å²) in [6.07, 6.45) is 0. The van der Waals surface area contributed by atoms with E-state index < -0.39 is 4.92 Å². The second kappa shape index (κ2) is 5.98. The van der Waals surface area contributed by atoms with Crippen molar-refractivity contribution >= 4 is 11.4 Å². The van der Waals surface area contributed by atoms with Crippen LogP contribution in [0.3, 0.4) is 0 Å². The first-order valence-corrected chi connectivity index (χ1v) is 5.54. The van der Waals surface area contributed by atoms with Crippen molar-refractivity contribution < 1.29 is 4.92 Å². The quantitative estimate of drug-likeness (QED) is 0.635. The van der Waals surface area contributed by atoms with Gasteiger partial charge in [0.15, 0.2) is 0 Å². The predicted molar refractivity (Wildman–Crippen MR) is 69.5 cm³/mol. The number of nitrogens with one attached hydrogen (secondary N) is 1. The van der Waals surface area contributed by atoms with Crippen molar-refractivity contribution in [2.75, 3.05) is 26.0 Å². The Labute approximate surface area is 106 Å². The number of benzene rings is 1. The zero-order chi connectivity index (χ0) is 13.7. The number of hydrogen-bond acceptors (Lipinski definition) is 5. The molecule has 1 aromatic rings. The van der Waals surface area contributed by atoms with Crippen LogP contribution in [0, 0.1) is 21.4 Å². The van der Waals surface area contributed by atoms with E-state index in [0.717, 1.165) is 0 Å². The fraction of sp³-hybridized carbons (Fsp3) is 0.417. The number of likely N-dealkylation sites (N-methyl/N-ethyl adjacent to an activating group) is 1. The van der Waals surface area contributed by atoms with Gasteiger partial charge in [0.25, 0.3) is 5.69 Å². The van der Waals surface area contributed by atoms with E-state index in [4.69, 9.17) is 5.26 Å². The summed E-state index contributed by atoms with van der Waals surface area (Å²) >= 11 is 0. The van der Waals surface area contributed by atoms with E-state index >= 15 is 0 Å². The predicted octanol–water partition coefficient (Wildman–Crippen LogP) is 1.83. The molecular formula is C12H16N4O2. The molecule has 1 aromatic carbocycles. The molecule has 96 valence electrons. The monoisotopic (exact) mass is 248 g/mol. The minimum absolute atomic E-state index is 0.0694. The summed E-state index contributed by atoms with van der Waals surface area (Å²) in [5.41, 5.74) is 0.653. The van der Waals surface area contributed by atoms with Crippen LogP contribution in [0.2, 0.25) is 0 Å². The highest BCUT2D eigenvalue weighted by atomic mass is 16.6. The SMILES string of the molecule is CC(CNc1ccc(C#N)cc1[N+](=O)[O-])N(C)C. The number of nitriles is 1. The van der Waals surface area contributed by atoms with Gasteiger partial charge in [0.1, 0.15) is 5.69 Å². The Morgan fingerprint density at radius 1 is 1.56 bits per heavy atom. The van der Waals surface area contributed by atoms with Crippen molar-refractivity contribution in [3.05, 3.63) is 33.9 Å². The first-order valence-electron chi connectivity index (χ1n) is 5.54. The van der Waals surface area contributed by atoms with Crippen molar-refractivity contribution in [2.45, 2.75) is 13.0 Å². The molecule has 1 unspecified atom stereocenters. The Hall–Kier alpha value is -2.13. The molecule has 1 rings (SSSR count). The van der Waals surface area contributed by atoms with Gasteiger partial charge in [-0.3, -0.25) is 10.1 Å². The lowest BCUT2D eigenvalue weighted by Crippen LogP contribution is -2.31. The van der Waals surface area contributed by atoms with Crippen LogP contribution >= 0.6 is 0 Å². The molecule has 0 bridgehead atoms. The van der Waals surface area contributed by atoms with Crippen molar-refractivity contribution in [1.29, 1.82) is 5.26 Å². The van der Waals surface area contributed by atoms with Crippen molar-refractivity contribution in [3.8, 4) is 6.07 Å². The van der Waals surface area contributed by atoms with Crippen molar-refractivity contribution in [3.63, 3.8) is 0 Å². The summed E-state index contributed by atoms with van der Waals surface area (Å²) in [6.45, 7) is 2.61. The van der Waals surface area contributed by atoms with E-state index in [0.29, 0.717) is 12.2 Å². The molecule has 6 heteroatoms. The molecule has 0 fully saturated rings. The second-order valence-electron chi connectivity index (χ2n) is 4.29. The minimum Gasteiger partial charge on any atom is -0.378 e. The van der Waals surface area contributed by atoms with Crippen LogP contribution in [0.5, 0.6) is 0 Å². The molecule has 0 amide bonds. The third-order valence-corrected chi connectivity index (χ3v) is 2.79. The molecule has 0 heterocycles. The largest absolute Gasteiger partial charge is 0.378 e. The summed E-state index contributed by atoms with van der Waals surface area (Å²) < 4.78 is 0. The van der Waals surface area contributed by atoms with Gasteiger partial charge in [-0.15, -0.1) is 0 Å². The molecule has 0 saturated heterocycles. The normalized spacial score (nSPS) is 11.9. The van der Waals surface area contributed by atoms with Crippen LogP contribution in [0.4, 0.5) is 11.4 Å². The van der Waals surface area contributed by atoms with Crippen LogP contribution < -0.4 is 5.32 Å². The van der Waals surface area contributed by atoms with Crippen LogP contribution in [0.15, 0.2) is 18.2 Å². The van der Waals surface area contributed by atoms with E-state index in [9.17, 15) is 10.1 Å². The zero-order valence-corrected chi connectivity index (χ0v) is 10.7. The Morgan fingerprint density at radius 2 is 2.22 bits per heavy atom. The van der Waals surface area contributed by atoms with Gasteiger partial charge >= 0.3 is 0 Å². The molecular weight excluding hydrogens is 232 g/mol. The maximum atomic E-state index is 10.9. The van der Waals surface area contributed by atoms with Gasteiger partial charge in [0, 0.05) is 18.7 Å². The highest BCUT2D eigenvalue weighted by Crippen LogP contribution is 2.25. The number of hydrogen-bond donors (Lipinski definition) is 1. The lowest BCUT2D eigenvalue weighted by Gasteiger charge is -2.20. The summed E-state index contributed by atoms with van der Waals surface area (Å²) in [6, 6.07) is 6.56. The fourth-order valence-corrected chi connectivity index (χ4v) is 1.34. The third kappa shape index (κ3) is 3.43.